The fraction of sp³-hybridized carbons (Fsp3) is 0.350. The zero-order valence-corrected chi connectivity index (χ0v) is 15.9. The van der Waals surface area contributed by atoms with Gasteiger partial charge in [0.1, 0.15) is 23.1 Å². The van der Waals surface area contributed by atoms with Gasteiger partial charge in [-0.15, -0.1) is 0 Å². The normalized spacial score (nSPS) is 14.9. The van der Waals surface area contributed by atoms with Gasteiger partial charge in [-0.25, -0.2) is 9.37 Å². The summed E-state index contributed by atoms with van der Waals surface area (Å²) in [6.45, 7) is 4.17. The SMILES string of the molecule is COc1ccc(-c2cc(Nc3ccnc(N4CCC(C)CC4)n3)on2)c(F)c1. The molecule has 1 aromatic carbocycles. The molecule has 3 heterocycles. The first-order chi connectivity index (χ1) is 13.6. The highest BCUT2D eigenvalue weighted by atomic mass is 19.1. The maximum absolute atomic E-state index is 14.2. The van der Waals surface area contributed by atoms with E-state index in [0.717, 1.165) is 31.8 Å². The van der Waals surface area contributed by atoms with E-state index in [1.807, 2.05) is 0 Å². The standard InChI is InChI=1S/C20H22FN5O2/c1-13-6-9-26(10-7-13)20-22-8-5-18(24-20)23-19-12-17(25-28-19)15-4-3-14(27-2)11-16(15)21/h3-5,8,11-13H,6-7,9-10H2,1-2H3,(H,22,23,24). The second-order valence-electron chi connectivity index (χ2n) is 6.96. The topological polar surface area (TPSA) is 76.3 Å². The van der Waals surface area contributed by atoms with Crippen LogP contribution in [0.3, 0.4) is 0 Å². The molecule has 0 spiro atoms. The first kappa shape index (κ1) is 18.2. The van der Waals surface area contributed by atoms with E-state index < -0.39 is 5.82 Å². The summed E-state index contributed by atoms with van der Waals surface area (Å²) in [5, 5.41) is 7.02. The lowest BCUT2D eigenvalue weighted by molar-refractivity contribution is 0.411. The molecule has 0 unspecified atom stereocenters. The lowest BCUT2D eigenvalue weighted by atomic mass is 10.00. The highest BCUT2D eigenvalue weighted by molar-refractivity contribution is 5.65. The Morgan fingerprint density at radius 1 is 1.21 bits per heavy atom. The Bertz CT molecular complexity index is 953. The number of methoxy groups -OCH3 is 1. The summed E-state index contributed by atoms with van der Waals surface area (Å²) in [6, 6.07) is 7.99. The first-order valence-electron chi connectivity index (χ1n) is 9.28. The van der Waals surface area contributed by atoms with Gasteiger partial charge < -0.3 is 19.5 Å². The largest absolute Gasteiger partial charge is 0.497 e. The van der Waals surface area contributed by atoms with Crippen LogP contribution in [0.25, 0.3) is 11.3 Å². The van der Waals surface area contributed by atoms with E-state index in [9.17, 15) is 4.39 Å². The van der Waals surface area contributed by atoms with Gasteiger partial charge in [-0.2, -0.15) is 4.98 Å². The zero-order valence-electron chi connectivity index (χ0n) is 15.9. The maximum Gasteiger partial charge on any atom is 0.230 e. The van der Waals surface area contributed by atoms with E-state index >= 15 is 0 Å². The minimum Gasteiger partial charge on any atom is -0.497 e. The van der Waals surface area contributed by atoms with E-state index in [0.29, 0.717) is 34.7 Å². The predicted molar refractivity (Wildman–Crippen MR) is 104 cm³/mol. The minimum absolute atomic E-state index is 0.336. The lowest BCUT2D eigenvalue weighted by Gasteiger charge is -2.30. The third kappa shape index (κ3) is 3.90. The van der Waals surface area contributed by atoms with Crippen molar-refractivity contribution >= 4 is 17.7 Å². The summed E-state index contributed by atoms with van der Waals surface area (Å²) in [4.78, 5) is 11.1. The number of nitrogens with one attached hydrogen (secondary N) is 1. The number of hydrogen-bond acceptors (Lipinski definition) is 7. The van der Waals surface area contributed by atoms with E-state index in [2.05, 4.69) is 32.3 Å². The zero-order chi connectivity index (χ0) is 19.5. The number of halogens is 1. The van der Waals surface area contributed by atoms with Crippen LogP contribution in [0.2, 0.25) is 0 Å². The maximum atomic E-state index is 14.2. The quantitative estimate of drug-likeness (QED) is 0.705. The summed E-state index contributed by atoms with van der Waals surface area (Å²) >= 11 is 0. The second-order valence-corrected chi connectivity index (χ2v) is 6.96. The summed E-state index contributed by atoms with van der Waals surface area (Å²) in [5.74, 6) is 2.43. The smallest absolute Gasteiger partial charge is 0.230 e. The molecule has 1 N–H and O–H groups in total. The minimum atomic E-state index is -0.428. The Balaban J connectivity index is 1.49. The van der Waals surface area contributed by atoms with Crippen LogP contribution in [0.5, 0.6) is 5.75 Å². The van der Waals surface area contributed by atoms with Crippen LogP contribution in [0.1, 0.15) is 19.8 Å². The Morgan fingerprint density at radius 2 is 2.04 bits per heavy atom. The van der Waals surface area contributed by atoms with E-state index in [4.69, 9.17) is 9.26 Å². The van der Waals surface area contributed by atoms with Crippen molar-refractivity contribution in [3.8, 4) is 17.0 Å². The van der Waals surface area contributed by atoms with Gasteiger partial charge in [0.05, 0.1) is 7.11 Å². The van der Waals surface area contributed by atoms with Crippen molar-refractivity contribution in [3.05, 3.63) is 42.3 Å². The van der Waals surface area contributed by atoms with Crippen molar-refractivity contribution in [1.29, 1.82) is 0 Å². The molecule has 0 aliphatic carbocycles. The molecule has 1 saturated heterocycles. The third-order valence-corrected chi connectivity index (χ3v) is 4.92. The van der Waals surface area contributed by atoms with E-state index in [-0.39, 0.29) is 0 Å². The fourth-order valence-corrected chi connectivity index (χ4v) is 3.20. The molecular weight excluding hydrogens is 361 g/mol. The van der Waals surface area contributed by atoms with Gasteiger partial charge in [0.2, 0.25) is 11.8 Å². The highest BCUT2D eigenvalue weighted by Crippen LogP contribution is 2.28. The van der Waals surface area contributed by atoms with Gasteiger partial charge in [0.15, 0.2) is 0 Å². The molecule has 7 nitrogen and oxygen atoms in total. The molecule has 8 heteroatoms. The number of hydrogen-bond donors (Lipinski definition) is 1. The molecule has 0 atom stereocenters. The van der Waals surface area contributed by atoms with Crippen molar-refractivity contribution in [2.24, 2.45) is 5.92 Å². The fourth-order valence-electron chi connectivity index (χ4n) is 3.20. The Hall–Kier alpha value is -3.16. The van der Waals surface area contributed by atoms with Crippen LogP contribution >= 0.6 is 0 Å². The van der Waals surface area contributed by atoms with Crippen LogP contribution in [-0.2, 0) is 0 Å². The van der Waals surface area contributed by atoms with E-state index in [1.165, 1.54) is 13.2 Å². The molecule has 1 aliphatic rings. The van der Waals surface area contributed by atoms with Gasteiger partial charge in [0.25, 0.3) is 0 Å². The number of anilines is 3. The van der Waals surface area contributed by atoms with Crippen LogP contribution in [0, 0.1) is 11.7 Å². The van der Waals surface area contributed by atoms with Gasteiger partial charge in [-0.1, -0.05) is 12.1 Å². The predicted octanol–water partition coefficient (Wildman–Crippen LogP) is 4.26. The molecule has 0 saturated carbocycles. The summed E-state index contributed by atoms with van der Waals surface area (Å²) < 4.78 is 24.6. The molecule has 146 valence electrons. The van der Waals surface area contributed by atoms with Gasteiger partial charge in [0, 0.05) is 37.0 Å². The van der Waals surface area contributed by atoms with Crippen molar-refractivity contribution < 1.29 is 13.7 Å². The Labute approximate surface area is 162 Å². The lowest BCUT2D eigenvalue weighted by Crippen LogP contribution is -2.34. The Kier molecular flexibility index (Phi) is 5.10. The van der Waals surface area contributed by atoms with Crippen molar-refractivity contribution in [1.82, 2.24) is 15.1 Å². The number of nitrogens with zero attached hydrogens (tertiary/aromatic N) is 4. The number of benzene rings is 1. The molecule has 0 radical (unpaired) electrons. The summed E-state index contributed by atoms with van der Waals surface area (Å²) in [5.41, 5.74) is 0.727. The van der Waals surface area contributed by atoms with Crippen LogP contribution in [0.4, 0.5) is 22.0 Å². The molecule has 1 aliphatic heterocycles. The molecule has 2 aromatic heterocycles. The Morgan fingerprint density at radius 3 is 2.79 bits per heavy atom. The molecular formula is C20H22FN5O2. The molecule has 0 bridgehead atoms. The van der Waals surface area contributed by atoms with Crippen LogP contribution < -0.4 is 15.0 Å². The summed E-state index contributed by atoms with van der Waals surface area (Å²) in [7, 11) is 1.49. The van der Waals surface area contributed by atoms with Gasteiger partial charge >= 0.3 is 0 Å². The number of piperidine rings is 1. The average Bonchev–Trinajstić information content (AvgIpc) is 3.16. The molecule has 0 amide bonds. The number of aromatic nitrogens is 3. The van der Waals surface area contributed by atoms with Crippen LogP contribution in [0.15, 0.2) is 41.1 Å². The van der Waals surface area contributed by atoms with Gasteiger partial charge in [-0.3, -0.25) is 0 Å². The van der Waals surface area contributed by atoms with Crippen molar-refractivity contribution in [2.75, 3.05) is 30.4 Å². The second kappa shape index (κ2) is 7.84. The molecule has 3 aromatic rings. The average molecular weight is 383 g/mol. The number of rotatable bonds is 5. The monoisotopic (exact) mass is 383 g/mol. The molecule has 4 rings (SSSR count). The first-order valence-corrected chi connectivity index (χ1v) is 9.28. The third-order valence-electron chi connectivity index (χ3n) is 4.92. The number of ether oxygens (including phenoxy) is 1. The molecule has 1 fully saturated rings. The molecule has 28 heavy (non-hydrogen) atoms. The van der Waals surface area contributed by atoms with E-state index in [1.54, 1.807) is 30.5 Å². The summed E-state index contributed by atoms with van der Waals surface area (Å²) in [6.07, 6.45) is 3.99. The van der Waals surface area contributed by atoms with Crippen molar-refractivity contribution in [2.45, 2.75) is 19.8 Å². The van der Waals surface area contributed by atoms with Crippen LogP contribution in [-0.4, -0.2) is 35.3 Å². The highest BCUT2D eigenvalue weighted by Gasteiger charge is 2.18. The van der Waals surface area contributed by atoms with Gasteiger partial charge in [-0.05, 0) is 37.0 Å². The van der Waals surface area contributed by atoms with Crippen molar-refractivity contribution in [3.63, 3.8) is 0 Å².